The molecular formula is C23H28F3N3O2. The molecular weight excluding hydrogens is 407 g/mol. The van der Waals surface area contributed by atoms with Gasteiger partial charge in [0, 0.05) is 24.7 Å². The second-order valence-electron chi connectivity index (χ2n) is 8.67. The van der Waals surface area contributed by atoms with Crippen molar-refractivity contribution in [1.82, 2.24) is 15.2 Å². The predicted molar refractivity (Wildman–Crippen MR) is 112 cm³/mol. The fraction of sp³-hybridized carbons (Fsp3) is 0.478. The van der Waals surface area contributed by atoms with Crippen LogP contribution in [0.2, 0.25) is 0 Å². The standard InChI is InChI=1S/C23H28F3N3O2/c1-22(2,15-31-20-18(23(24,25)26)10-7-12-27-20)21(30)28-19-11-13-29(3)14-17(19)16-8-5-4-6-9-16/h4-10,12,17,19H,11,13-15H2,1-3H3,(H,28,30)/t17-,19+/m0/s1. The summed E-state index contributed by atoms with van der Waals surface area (Å²) >= 11 is 0. The lowest BCUT2D eigenvalue weighted by Crippen LogP contribution is -2.52. The second-order valence-corrected chi connectivity index (χ2v) is 8.67. The van der Waals surface area contributed by atoms with Gasteiger partial charge < -0.3 is 15.0 Å². The van der Waals surface area contributed by atoms with E-state index in [1.54, 1.807) is 13.8 Å². The van der Waals surface area contributed by atoms with Gasteiger partial charge >= 0.3 is 6.18 Å². The zero-order valence-electron chi connectivity index (χ0n) is 17.9. The number of nitrogens with zero attached hydrogens (tertiary/aromatic N) is 2. The van der Waals surface area contributed by atoms with Crippen molar-refractivity contribution in [3.63, 3.8) is 0 Å². The van der Waals surface area contributed by atoms with Gasteiger partial charge in [0.1, 0.15) is 12.2 Å². The number of hydrogen-bond donors (Lipinski definition) is 1. The van der Waals surface area contributed by atoms with Crippen LogP contribution in [0.3, 0.4) is 0 Å². The zero-order chi connectivity index (χ0) is 22.6. The van der Waals surface area contributed by atoms with Crippen molar-refractivity contribution in [2.45, 2.75) is 38.4 Å². The molecule has 1 saturated heterocycles. The molecule has 2 heterocycles. The number of alkyl halides is 3. The van der Waals surface area contributed by atoms with E-state index in [-0.39, 0.29) is 24.5 Å². The summed E-state index contributed by atoms with van der Waals surface area (Å²) in [7, 11) is 2.05. The molecule has 8 heteroatoms. The van der Waals surface area contributed by atoms with Crippen LogP contribution in [-0.2, 0) is 11.0 Å². The molecule has 2 atom stereocenters. The van der Waals surface area contributed by atoms with Crippen LogP contribution in [0.15, 0.2) is 48.7 Å². The van der Waals surface area contributed by atoms with E-state index in [1.165, 1.54) is 12.3 Å². The van der Waals surface area contributed by atoms with E-state index in [4.69, 9.17) is 4.74 Å². The van der Waals surface area contributed by atoms with Gasteiger partial charge in [0.05, 0.1) is 5.41 Å². The highest BCUT2D eigenvalue weighted by Crippen LogP contribution is 2.35. The van der Waals surface area contributed by atoms with Crippen LogP contribution in [0.4, 0.5) is 13.2 Å². The minimum Gasteiger partial charge on any atom is -0.476 e. The summed E-state index contributed by atoms with van der Waals surface area (Å²) in [5.74, 6) is -0.641. The van der Waals surface area contributed by atoms with Gasteiger partial charge in [-0.3, -0.25) is 4.79 Å². The number of halogens is 3. The van der Waals surface area contributed by atoms with Crippen LogP contribution in [0, 0.1) is 5.41 Å². The molecule has 168 valence electrons. The quantitative estimate of drug-likeness (QED) is 0.742. The highest BCUT2D eigenvalue weighted by Gasteiger charge is 2.38. The summed E-state index contributed by atoms with van der Waals surface area (Å²) < 4.78 is 44.9. The van der Waals surface area contributed by atoms with Gasteiger partial charge in [0.2, 0.25) is 11.8 Å². The van der Waals surface area contributed by atoms with E-state index in [0.29, 0.717) is 0 Å². The van der Waals surface area contributed by atoms with Crippen LogP contribution in [0.5, 0.6) is 5.88 Å². The smallest absolute Gasteiger partial charge is 0.421 e. The monoisotopic (exact) mass is 435 g/mol. The number of hydrogen-bond acceptors (Lipinski definition) is 4. The number of pyridine rings is 1. The Labute approximate surface area is 180 Å². The molecule has 3 rings (SSSR count). The number of piperidine rings is 1. The summed E-state index contributed by atoms with van der Waals surface area (Å²) in [6, 6.07) is 12.1. The van der Waals surface area contributed by atoms with Crippen LogP contribution < -0.4 is 10.1 Å². The highest BCUT2D eigenvalue weighted by atomic mass is 19.4. The maximum absolute atomic E-state index is 13.2. The third kappa shape index (κ3) is 5.76. The Balaban J connectivity index is 1.69. The normalized spacial score (nSPS) is 20.3. The molecule has 0 saturated carbocycles. The molecule has 1 aromatic carbocycles. The average Bonchev–Trinajstić information content (AvgIpc) is 2.73. The van der Waals surface area contributed by atoms with Gasteiger partial charge in [-0.25, -0.2) is 4.98 Å². The number of nitrogens with one attached hydrogen (secondary N) is 1. The Bertz CT molecular complexity index is 887. The predicted octanol–water partition coefficient (Wildman–Crippen LogP) is 4.11. The molecule has 1 amide bonds. The topological polar surface area (TPSA) is 54.5 Å². The summed E-state index contributed by atoms with van der Waals surface area (Å²) in [6.45, 7) is 4.76. The first kappa shape index (κ1) is 23.1. The molecule has 0 bridgehead atoms. The second kappa shape index (κ2) is 9.26. The number of carbonyl (C=O) groups is 1. The van der Waals surface area contributed by atoms with Crippen LogP contribution >= 0.6 is 0 Å². The highest BCUT2D eigenvalue weighted by molar-refractivity contribution is 5.82. The van der Waals surface area contributed by atoms with Crippen molar-refractivity contribution in [2.24, 2.45) is 5.41 Å². The molecule has 1 fully saturated rings. The first-order valence-electron chi connectivity index (χ1n) is 10.3. The van der Waals surface area contributed by atoms with Crippen molar-refractivity contribution >= 4 is 5.91 Å². The average molecular weight is 435 g/mol. The van der Waals surface area contributed by atoms with Crippen LogP contribution in [0.25, 0.3) is 0 Å². The Kier molecular flexibility index (Phi) is 6.89. The van der Waals surface area contributed by atoms with E-state index >= 15 is 0 Å². The first-order chi connectivity index (χ1) is 14.6. The maximum Gasteiger partial charge on any atom is 0.421 e. The number of likely N-dealkylation sites (tertiary alicyclic amines) is 1. The molecule has 5 nitrogen and oxygen atoms in total. The SMILES string of the molecule is CN1CC[C@@H](NC(=O)C(C)(C)COc2ncccc2C(F)(F)F)[C@H](c2ccccc2)C1. The Morgan fingerprint density at radius 2 is 1.90 bits per heavy atom. The number of rotatable bonds is 6. The first-order valence-corrected chi connectivity index (χ1v) is 10.3. The molecule has 0 spiro atoms. The Hall–Kier alpha value is -2.61. The fourth-order valence-corrected chi connectivity index (χ4v) is 3.73. The van der Waals surface area contributed by atoms with Crippen molar-refractivity contribution in [3.8, 4) is 5.88 Å². The minimum atomic E-state index is -4.58. The number of likely N-dealkylation sites (N-methyl/N-ethyl adjacent to an activating group) is 1. The number of carbonyl (C=O) groups excluding carboxylic acids is 1. The minimum absolute atomic E-state index is 0.0639. The lowest BCUT2D eigenvalue weighted by Gasteiger charge is -2.39. The van der Waals surface area contributed by atoms with Gasteiger partial charge in [-0.15, -0.1) is 0 Å². The molecule has 1 aliphatic rings. The van der Waals surface area contributed by atoms with E-state index in [1.807, 2.05) is 18.2 Å². The Morgan fingerprint density at radius 3 is 2.58 bits per heavy atom. The molecule has 31 heavy (non-hydrogen) atoms. The zero-order valence-corrected chi connectivity index (χ0v) is 17.9. The van der Waals surface area contributed by atoms with E-state index in [0.717, 1.165) is 31.1 Å². The Morgan fingerprint density at radius 1 is 1.19 bits per heavy atom. The number of ether oxygens (including phenoxy) is 1. The molecule has 1 aromatic heterocycles. The largest absolute Gasteiger partial charge is 0.476 e. The summed E-state index contributed by atoms with van der Waals surface area (Å²) in [4.78, 5) is 19.0. The lowest BCUT2D eigenvalue weighted by molar-refractivity contribution is -0.139. The van der Waals surface area contributed by atoms with Gasteiger partial charge in [-0.2, -0.15) is 13.2 Å². The van der Waals surface area contributed by atoms with Crippen LogP contribution in [-0.4, -0.2) is 48.6 Å². The molecule has 1 N–H and O–H groups in total. The van der Waals surface area contributed by atoms with Crippen molar-refractivity contribution in [3.05, 3.63) is 59.8 Å². The van der Waals surface area contributed by atoms with Crippen molar-refractivity contribution < 1.29 is 22.7 Å². The molecule has 0 aliphatic carbocycles. The summed E-state index contributed by atoms with van der Waals surface area (Å²) in [5.41, 5.74) is -0.840. The maximum atomic E-state index is 13.2. The molecule has 1 aliphatic heterocycles. The molecule has 2 aromatic rings. The number of aromatic nitrogens is 1. The molecule has 0 unspecified atom stereocenters. The lowest BCUT2D eigenvalue weighted by atomic mass is 9.84. The van der Waals surface area contributed by atoms with E-state index in [2.05, 4.69) is 34.4 Å². The van der Waals surface area contributed by atoms with Gasteiger partial charge in [-0.05, 0) is 51.6 Å². The van der Waals surface area contributed by atoms with E-state index in [9.17, 15) is 18.0 Å². The number of benzene rings is 1. The molecule has 0 radical (unpaired) electrons. The summed E-state index contributed by atoms with van der Waals surface area (Å²) in [5, 5.41) is 3.12. The van der Waals surface area contributed by atoms with Crippen LogP contribution in [0.1, 0.15) is 37.3 Å². The van der Waals surface area contributed by atoms with Gasteiger partial charge in [-0.1, -0.05) is 30.3 Å². The van der Waals surface area contributed by atoms with Crippen molar-refractivity contribution in [2.75, 3.05) is 26.7 Å². The third-order valence-corrected chi connectivity index (χ3v) is 5.62. The van der Waals surface area contributed by atoms with Gasteiger partial charge in [0.25, 0.3) is 0 Å². The summed E-state index contributed by atoms with van der Waals surface area (Å²) in [6.07, 6.45) is -2.55. The van der Waals surface area contributed by atoms with Crippen molar-refractivity contribution in [1.29, 1.82) is 0 Å². The van der Waals surface area contributed by atoms with Gasteiger partial charge in [0.15, 0.2) is 0 Å². The van der Waals surface area contributed by atoms with E-state index < -0.39 is 23.0 Å². The fourth-order valence-electron chi connectivity index (χ4n) is 3.73. The third-order valence-electron chi connectivity index (χ3n) is 5.62. The number of amides is 1.